The van der Waals surface area contributed by atoms with Crippen LogP contribution in [0.3, 0.4) is 0 Å². The van der Waals surface area contributed by atoms with Crippen LogP contribution in [0.25, 0.3) is 0 Å². The molecule has 0 unspecified atom stereocenters. The van der Waals surface area contributed by atoms with Crippen LogP contribution in [0, 0.1) is 17.8 Å². The molecular formula is C16H22N2. The van der Waals surface area contributed by atoms with Gasteiger partial charge in [-0.05, 0) is 68.4 Å². The Morgan fingerprint density at radius 2 is 1.67 bits per heavy atom. The quantitative estimate of drug-likeness (QED) is 0.720. The monoisotopic (exact) mass is 242 g/mol. The largest absolute Gasteiger partial charge is 0.336 e. The molecule has 0 atom stereocenters. The summed E-state index contributed by atoms with van der Waals surface area (Å²) in [5, 5.41) is 0. The molecule has 5 rings (SSSR count). The molecular weight excluding hydrogens is 220 g/mol. The van der Waals surface area contributed by atoms with E-state index >= 15 is 0 Å². The van der Waals surface area contributed by atoms with E-state index in [1.165, 1.54) is 44.0 Å². The van der Waals surface area contributed by atoms with Gasteiger partial charge in [-0.3, -0.25) is 4.99 Å². The van der Waals surface area contributed by atoms with Crippen LogP contribution < -0.4 is 5.49 Å². The first-order chi connectivity index (χ1) is 8.72. The minimum Gasteiger partial charge on any atom is -0.336 e. The van der Waals surface area contributed by atoms with E-state index < -0.39 is 0 Å². The molecule has 4 bridgehead atoms. The molecule has 4 aliphatic carbocycles. The van der Waals surface area contributed by atoms with Gasteiger partial charge >= 0.3 is 0 Å². The first-order valence-corrected chi connectivity index (χ1v) is 7.40. The lowest BCUT2D eigenvalue weighted by atomic mass is 9.53. The molecule has 1 aromatic rings. The van der Waals surface area contributed by atoms with Gasteiger partial charge < -0.3 is 4.57 Å². The Bertz CT molecular complexity index is 491. The average Bonchev–Trinajstić information content (AvgIpc) is 2.30. The smallest absolute Gasteiger partial charge is 0.127 e. The highest BCUT2D eigenvalue weighted by Crippen LogP contribution is 2.57. The van der Waals surface area contributed by atoms with Gasteiger partial charge in [0, 0.05) is 13.2 Å². The topological polar surface area (TPSA) is 17.3 Å². The fourth-order valence-electron chi connectivity index (χ4n) is 5.08. The third kappa shape index (κ3) is 1.65. The molecule has 0 aromatic carbocycles. The van der Waals surface area contributed by atoms with Crippen molar-refractivity contribution in [1.82, 2.24) is 4.57 Å². The maximum Gasteiger partial charge on any atom is 0.127 e. The van der Waals surface area contributed by atoms with E-state index in [0.29, 0.717) is 5.54 Å². The fraction of sp³-hybridized carbons (Fsp3) is 0.688. The van der Waals surface area contributed by atoms with Gasteiger partial charge in [-0.15, -0.1) is 0 Å². The van der Waals surface area contributed by atoms with E-state index in [1.807, 2.05) is 0 Å². The van der Waals surface area contributed by atoms with E-state index in [-0.39, 0.29) is 0 Å². The SMILES string of the molecule is Cn1ccccc1=NC12CC3CC(CC(C3)C1)C2. The van der Waals surface area contributed by atoms with Crippen LogP contribution in [-0.4, -0.2) is 10.1 Å². The molecule has 18 heavy (non-hydrogen) atoms. The van der Waals surface area contributed by atoms with Crippen molar-refractivity contribution < 1.29 is 0 Å². The van der Waals surface area contributed by atoms with Crippen molar-refractivity contribution in [1.29, 1.82) is 0 Å². The van der Waals surface area contributed by atoms with E-state index in [2.05, 4.69) is 36.0 Å². The second kappa shape index (κ2) is 3.72. The molecule has 0 aliphatic heterocycles. The van der Waals surface area contributed by atoms with Gasteiger partial charge in [-0.1, -0.05) is 6.07 Å². The van der Waals surface area contributed by atoms with Crippen molar-refractivity contribution in [3.05, 3.63) is 29.9 Å². The molecule has 0 spiro atoms. The molecule has 96 valence electrons. The van der Waals surface area contributed by atoms with Crippen molar-refractivity contribution in [2.75, 3.05) is 0 Å². The highest BCUT2D eigenvalue weighted by molar-refractivity contribution is 5.07. The number of pyridine rings is 1. The zero-order valence-corrected chi connectivity index (χ0v) is 11.2. The molecule has 2 nitrogen and oxygen atoms in total. The Morgan fingerprint density at radius 3 is 2.22 bits per heavy atom. The minimum absolute atomic E-state index is 0.299. The van der Waals surface area contributed by atoms with E-state index in [4.69, 9.17) is 4.99 Å². The number of nitrogens with zero attached hydrogens (tertiary/aromatic N) is 2. The summed E-state index contributed by atoms with van der Waals surface area (Å²) in [4.78, 5) is 5.21. The number of rotatable bonds is 1. The van der Waals surface area contributed by atoms with Gasteiger partial charge in [-0.25, -0.2) is 0 Å². The Balaban J connectivity index is 1.77. The van der Waals surface area contributed by atoms with E-state index in [9.17, 15) is 0 Å². The van der Waals surface area contributed by atoms with Gasteiger partial charge in [0.2, 0.25) is 0 Å². The first kappa shape index (κ1) is 10.8. The predicted octanol–water partition coefficient (Wildman–Crippen LogP) is 2.89. The lowest BCUT2D eigenvalue weighted by Crippen LogP contribution is -2.50. The Labute approximate surface area is 109 Å². The summed E-state index contributed by atoms with van der Waals surface area (Å²) in [5.41, 5.74) is 1.47. The summed E-state index contributed by atoms with van der Waals surface area (Å²) in [6.07, 6.45) is 10.7. The van der Waals surface area contributed by atoms with Crippen LogP contribution in [-0.2, 0) is 7.05 Å². The molecule has 4 saturated carbocycles. The van der Waals surface area contributed by atoms with Gasteiger partial charge in [0.05, 0.1) is 5.54 Å². The standard InChI is InChI=1S/C16H22N2/c1-18-5-3-2-4-15(18)17-16-9-12-6-13(10-16)8-14(7-12)11-16/h2-5,12-14H,6-11H2,1H3. The molecule has 0 radical (unpaired) electrons. The second-order valence-corrected chi connectivity index (χ2v) is 6.92. The number of aryl methyl sites for hydroxylation is 1. The van der Waals surface area contributed by atoms with Crippen LogP contribution in [0.1, 0.15) is 38.5 Å². The normalized spacial score (nSPS) is 42.5. The van der Waals surface area contributed by atoms with Crippen LogP contribution in [0.15, 0.2) is 29.4 Å². The Morgan fingerprint density at radius 1 is 1.06 bits per heavy atom. The van der Waals surface area contributed by atoms with Crippen molar-refractivity contribution >= 4 is 0 Å². The third-order valence-corrected chi connectivity index (χ3v) is 5.39. The summed E-state index contributed by atoms with van der Waals surface area (Å²) in [5.74, 6) is 2.94. The maximum absolute atomic E-state index is 5.21. The minimum atomic E-state index is 0.299. The van der Waals surface area contributed by atoms with Gasteiger partial charge in [0.25, 0.3) is 0 Å². The average molecular weight is 242 g/mol. The molecule has 2 heteroatoms. The molecule has 0 N–H and O–H groups in total. The summed E-state index contributed by atoms with van der Waals surface area (Å²) in [7, 11) is 2.11. The highest BCUT2D eigenvalue weighted by Gasteiger charge is 2.50. The lowest BCUT2D eigenvalue weighted by molar-refractivity contribution is -0.000609. The van der Waals surface area contributed by atoms with Crippen molar-refractivity contribution in [2.24, 2.45) is 29.8 Å². The van der Waals surface area contributed by atoms with Crippen LogP contribution >= 0.6 is 0 Å². The van der Waals surface area contributed by atoms with Crippen LogP contribution in [0.4, 0.5) is 0 Å². The lowest BCUT2D eigenvalue weighted by Gasteiger charge is -2.54. The maximum atomic E-state index is 5.21. The summed E-state index contributed by atoms with van der Waals surface area (Å²) in [6.45, 7) is 0. The number of aromatic nitrogens is 1. The molecule has 1 aromatic heterocycles. The summed E-state index contributed by atoms with van der Waals surface area (Å²) < 4.78 is 2.17. The Hall–Kier alpha value is -1.05. The van der Waals surface area contributed by atoms with Crippen molar-refractivity contribution in [2.45, 2.75) is 44.1 Å². The van der Waals surface area contributed by atoms with Crippen molar-refractivity contribution in [3.8, 4) is 0 Å². The van der Waals surface area contributed by atoms with E-state index in [1.54, 1.807) is 0 Å². The zero-order valence-electron chi connectivity index (χ0n) is 11.2. The number of hydrogen-bond acceptors (Lipinski definition) is 1. The Kier molecular flexibility index (Phi) is 2.24. The third-order valence-electron chi connectivity index (χ3n) is 5.39. The molecule has 0 saturated heterocycles. The zero-order chi connectivity index (χ0) is 12.2. The fourth-order valence-corrected chi connectivity index (χ4v) is 5.08. The molecule has 4 aliphatic rings. The van der Waals surface area contributed by atoms with Crippen molar-refractivity contribution in [3.63, 3.8) is 0 Å². The highest BCUT2D eigenvalue weighted by atomic mass is 15.0. The second-order valence-electron chi connectivity index (χ2n) is 6.92. The van der Waals surface area contributed by atoms with Crippen LogP contribution in [0.5, 0.6) is 0 Å². The summed E-state index contributed by atoms with van der Waals surface area (Å²) in [6, 6.07) is 6.36. The van der Waals surface area contributed by atoms with Gasteiger partial charge in [0.15, 0.2) is 0 Å². The molecule has 1 heterocycles. The van der Waals surface area contributed by atoms with E-state index in [0.717, 1.165) is 17.8 Å². The molecule has 4 fully saturated rings. The number of hydrogen-bond donors (Lipinski definition) is 0. The molecule has 0 amide bonds. The summed E-state index contributed by atoms with van der Waals surface area (Å²) >= 11 is 0. The van der Waals surface area contributed by atoms with Crippen LogP contribution in [0.2, 0.25) is 0 Å². The van der Waals surface area contributed by atoms with Gasteiger partial charge in [-0.2, -0.15) is 0 Å². The predicted molar refractivity (Wildman–Crippen MR) is 71.9 cm³/mol. The van der Waals surface area contributed by atoms with Gasteiger partial charge in [0.1, 0.15) is 5.49 Å². The first-order valence-electron chi connectivity index (χ1n) is 7.40.